The molecule has 0 amide bonds. The second-order valence-corrected chi connectivity index (χ2v) is 4.82. The fraction of sp³-hybridized carbons (Fsp3) is 0.294. The van der Waals surface area contributed by atoms with Crippen molar-refractivity contribution in [2.24, 2.45) is 5.73 Å². The van der Waals surface area contributed by atoms with Crippen LogP contribution in [0, 0.1) is 0 Å². The van der Waals surface area contributed by atoms with E-state index in [-0.39, 0.29) is 6.04 Å². The largest absolute Gasteiger partial charge is 0.457 e. The van der Waals surface area contributed by atoms with E-state index in [2.05, 4.69) is 19.1 Å². The first-order chi connectivity index (χ1) is 9.20. The molecule has 1 unspecified atom stereocenters. The van der Waals surface area contributed by atoms with Crippen molar-refractivity contribution in [3.63, 3.8) is 0 Å². The molecule has 0 saturated heterocycles. The lowest BCUT2D eigenvalue weighted by Crippen LogP contribution is -2.06. The third-order valence-electron chi connectivity index (χ3n) is 3.10. The highest BCUT2D eigenvalue weighted by molar-refractivity contribution is 5.39. The number of ether oxygens (including phenoxy) is 1. The molecule has 2 aromatic carbocycles. The van der Waals surface area contributed by atoms with Gasteiger partial charge in [0.05, 0.1) is 0 Å². The van der Waals surface area contributed by atoms with Crippen molar-refractivity contribution in [3.05, 3.63) is 59.7 Å². The van der Waals surface area contributed by atoms with Crippen molar-refractivity contribution in [1.29, 1.82) is 0 Å². The predicted octanol–water partition coefficient (Wildman–Crippen LogP) is 4.45. The van der Waals surface area contributed by atoms with Crippen LogP contribution in [0.15, 0.2) is 48.5 Å². The van der Waals surface area contributed by atoms with Crippen LogP contribution in [0.1, 0.15) is 37.4 Å². The Balaban J connectivity index is 2.17. The summed E-state index contributed by atoms with van der Waals surface area (Å²) in [7, 11) is 0. The molecule has 2 aromatic rings. The molecule has 0 radical (unpaired) electrons. The first kappa shape index (κ1) is 13.6. The minimum Gasteiger partial charge on any atom is -0.457 e. The Kier molecular flexibility index (Phi) is 4.58. The summed E-state index contributed by atoms with van der Waals surface area (Å²) >= 11 is 0. The molecule has 19 heavy (non-hydrogen) atoms. The maximum absolute atomic E-state index is 5.95. The van der Waals surface area contributed by atoms with Crippen LogP contribution in [0.2, 0.25) is 0 Å². The van der Waals surface area contributed by atoms with Gasteiger partial charge in [-0.2, -0.15) is 0 Å². The maximum atomic E-state index is 5.95. The van der Waals surface area contributed by atoms with Crippen molar-refractivity contribution < 1.29 is 4.74 Å². The average Bonchev–Trinajstić information content (AvgIpc) is 2.42. The quantitative estimate of drug-likeness (QED) is 0.856. The third-order valence-corrected chi connectivity index (χ3v) is 3.10. The molecule has 0 heterocycles. The smallest absolute Gasteiger partial charge is 0.132 e. The molecule has 0 fully saturated rings. The van der Waals surface area contributed by atoms with Gasteiger partial charge in [0.15, 0.2) is 0 Å². The molecule has 2 heteroatoms. The summed E-state index contributed by atoms with van der Waals surface area (Å²) in [6, 6.07) is 16.1. The lowest BCUT2D eigenvalue weighted by molar-refractivity contribution is 0.472. The summed E-state index contributed by atoms with van der Waals surface area (Å²) in [4.78, 5) is 0. The first-order valence-corrected chi connectivity index (χ1v) is 6.82. The van der Waals surface area contributed by atoms with E-state index >= 15 is 0 Å². The van der Waals surface area contributed by atoms with Gasteiger partial charge in [-0.25, -0.2) is 0 Å². The summed E-state index contributed by atoms with van der Waals surface area (Å²) in [5, 5.41) is 0. The molecule has 0 spiro atoms. The van der Waals surface area contributed by atoms with E-state index in [4.69, 9.17) is 10.5 Å². The van der Waals surface area contributed by atoms with E-state index in [1.807, 2.05) is 43.3 Å². The van der Waals surface area contributed by atoms with E-state index in [0.717, 1.165) is 29.9 Å². The minimum atomic E-state index is -0.0319. The van der Waals surface area contributed by atoms with Crippen LogP contribution in [0.3, 0.4) is 0 Å². The maximum Gasteiger partial charge on any atom is 0.132 e. The highest BCUT2D eigenvalue weighted by atomic mass is 16.5. The molecule has 0 bridgehead atoms. The average molecular weight is 255 g/mol. The molecule has 2 N–H and O–H groups in total. The zero-order chi connectivity index (χ0) is 13.7. The number of nitrogens with two attached hydrogens (primary N) is 1. The van der Waals surface area contributed by atoms with Crippen molar-refractivity contribution in [2.45, 2.75) is 32.7 Å². The van der Waals surface area contributed by atoms with E-state index < -0.39 is 0 Å². The normalized spacial score (nSPS) is 12.2. The number of aryl methyl sites for hydroxylation is 1. The minimum absolute atomic E-state index is 0.0319. The van der Waals surface area contributed by atoms with Gasteiger partial charge in [-0.1, -0.05) is 43.7 Å². The topological polar surface area (TPSA) is 35.2 Å². The Hall–Kier alpha value is -1.80. The monoisotopic (exact) mass is 255 g/mol. The molecular formula is C17H21NO. The molecule has 0 aromatic heterocycles. The fourth-order valence-corrected chi connectivity index (χ4v) is 2.09. The van der Waals surface area contributed by atoms with Gasteiger partial charge >= 0.3 is 0 Å². The SMILES string of the molecule is CCCc1ccc(Oc2ccccc2C(C)N)cc1. The van der Waals surface area contributed by atoms with Crippen LogP contribution in [-0.4, -0.2) is 0 Å². The van der Waals surface area contributed by atoms with Gasteiger partial charge in [-0.05, 0) is 37.1 Å². The molecule has 0 saturated carbocycles. The van der Waals surface area contributed by atoms with Gasteiger partial charge in [0.1, 0.15) is 11.5 Å². The highest BCUT2D eigenvalue weighted by Gasteiger charge is 2.07. The van der Waals surface area contributed by atoms with Crippen molar-refractivity contribution >= 4 is 0 Å². The van der Waals surface area contributed by atoms with Gasteiger partial charge in [-0.3, -0.25) is 0 Å². The fourth-order valence-electron chi connectivity index (χ4n) is 2.09. The van der Waals surface area contributed by atoms with Gasteiger partial charge in [0.25, 0.3) is 0 Å². The highest BCUT2D eigenvalue weighted by Crippen LogP contribution is 2.28. The number of benzene rings is 2. The van der Waals surface area contributed by atoms with Crippen LogP contribution in [-0.2, 0) is 6.42 Å². The molecule has 0 aliphatic rings. The summed E-state index contributed by atoms with van der Waals surface area (Å²) in [6.07, 6.45) is 2.27. The van der Waals surface area contributed by atoms with E-state index in [9.17, 15) is 0 Å². The summed E-state index contributed by atoms with van der Waals surface area (Å²) in [5.41, 5.74) is 8.32. The summed E-state index contributed by atoms with van der Waals surface area (Å²) < 4.78 is 5.92. The lowest BCUT2D eigenvalue weighted by atomic mass is 10.1. The van der Waals surface area contributed by atoms with E-state index in [1.54, 1.807) is 0 Å². The Morgan fingerprint density at radius 3 is 2.37 bits per heavy atom. The number of para-hydroxylation sites is 1. The lowest BCUT2D eigenvalue weighted by Gasteiger charge is -2.13. The van der Waals surface area contributed by atoms with Crippen molar-refractivity contribution in [3.8, 4) is 11.5 Å². The summed E-state index contributed by atoms with van der Waals surface area (Å²) in [5.74, 6) is 1.69. The van der Waals surface area contributed by atoms with Crippen molar-refractivity contribution in [2.75, 3.05) is 0 Å². The van der Waals surface area contributed by atoms with Crippen LogP contribution in [0.5, 0.6) is 11.5 Å². The molecule has 0 aliphatic carbocycles. The molecule has 1 atom stereocenters. The van der Waals surface area contributed by atoms with Crippen LogP contribution < -0.4 is 10.5 Å². The third kappa shape index (κ3) is 3.58. The summed E-state index contributed by atoms with van der Waals surface area (Å²) in [6.45, 7) is 4.15. The van der Waals surface area contributed by atoms with Crippen LogP contribution in [0.25, 0.3) is 0 Å². The van der Waals surface area contributed by atoms with Gasteiger partial charge in [-0.15, -0.1) is 0 Å². The van der Waals surface area contributed by atoms with Gasteiger partial charge in [0.2, 0.25) is 0 Å². The molecular weight excluding hydrogens is 234 g/mol. The van der Waals surface area contributed by atoms with Crippen LogP contribution in [0.4, 0.5) is 0 Å². The van der Waals surface area contributed by atoms with Gasteiger partial charge in [0, 0.05) is 11.6 Å². The number of hydrogen-bond acceptors (Lipinski definition) is 2. The predicted molar refractivity (Wildman–Crippen MR) is 79.6 cm³/mol. The first-order valence-electron chi connectivity index (χ1n) is 6.82. The Labute approximate surface area is 115 Å². The zero-order valence-electron chi connectivity index (χ0n) is 11.6. The standard InChI is InChI=1S/C17H21NO/c1-3-6-14-9-11-15(12-10-14)19-17-8-5-4-7-16(17)13(2)18/h4-5,7-13H,3,6,18H2,1-2H3. The number of hydrogen-bond donors (Lipinski definition) is 1. The Morgan fingerprint density at radius 1 is 1.05 bits per heavy atom. The second kappa shape index (κ2) is 6.39. The zero-order valence-corrected chi connectivity index (χ0v) is 11.6. The molecule has 100 valence electrons. The molecule has 2 rings (SSSR count). The van der Waals surface area contributed by atoms with Gasteiger partial charge < -0.3 is 10.5 Å². The van der Waals surface area contributed by atoms with Crippen LogP contribution >= 0.6 is 0 Å². The van der Waals surface area contributed by atoms with E-state index in [1.165, 1.54) is 5.56 Å². The molecule has 2 nitrogen and oxygen atoms in total. The van der Waals surface area contributed by atoms with E-state index in [0.29, 0.717) is 0 Å². The van der Waals surface area contributed by atoms with Crippen molar-refractivity contribution in [1.82, 2.24) is 0 Å². The molecule has 0 aliphatic heterocycles. The number of rotatable bonds is 5. The second-order valence-electron chi connectivity index (χ2n) is 4.82. The Bertz CT molecular complexity index is 517. The Morgan fingerprint density at radius 2 is 1.74 bits per heavy atom.